The Hall–Kier alpha value is -3.69. The molecule has 0 saturated heterocycles. The second-order valence-corrected chi connectivity index (χ2v) is 7.50. The molecule has 9 nitrogen and oxygen atoms in total. The number of aliphatic hydroxyl groups excluding tert-OH is 1. The minimum atomic E-state index is -1.32. The number of benzene rings is 2. The molecule has 0 bridgehead atoms. The van der Waals surface area contributed by atoms with Gasteiger partial charge < -0.3 is 31.6 Å². The highest BCUT2D eigenvalue weighted by Crippen LogP contribution is 2.19. The first-order chi connectivity index (χ1) is 15.4. The lowest BCUT2D eigenvalue weighted by molar-refractivity contribution is -0.142. The second-order valence-electron chi connectivity index (χ2n) is 7.50. The average molecular weight is 438 g/mol. The fourth-order valence-corrected chi connectivity index (χ4v) is 3.43. The third-order valence-electron chi connectivity index (χ3n) is 5.16. The molecule has 168 valence electrons. The van der Waals surface area contributed by atoms with Crippen molar-refractivity contribution in [2.75, 3.05) is 6.61 Å². The predicted molar refractivity (Wildman–Crippen MR) is 119 cm³/mol. The number of carboxylic acid groups (broad SMARTS) is 1. The van der Waals surface area contributed by atoms with Crippen LogP contribution in [0.4, 0.5) is 0 Å². The van der Waals surface area contributed by atoms with E-state index in [1.807, 2.05) is 54.6 Å². The van der Waals surface area contributed by atoms with Crippen molar-refractivity contribution in [1.82, 2.24) is 15.6 Å². The number of H-pyrrole nitrogens is 1. The number of rotatable bonds is 10. The number of nitrogens with two attached hydrogens (primary N) is 1. The SMILES string of the molecule is N[C@@H](Cc1ccccc1)C(=O)N[C@@H](CO)C(=O)N[C@@H](Cc1c[nH]c2ccccc12)C(=O)O. The topological polar surface area (TPSA) is 158 Å². The molecule has 0 spiro atoms. The molecule has 7 N–H and O–H groups in total. The molecule has 3 aromatic rings. The number of hydrogen-bond donors (Lipinski definition) is 6. The molecule has 9 heteroatoms. The molecule has 2 amide bonds. The smallest absolute Gasteiger partial charge is 0.326 e. The summed E-state index contributed by atoms with van der Waals surface area (Å²) in [5.74, 6) is -2.65. The summed E-state index contributed by atoms with van der Waals surface area (Å²) < 4.78 is 0. The van der Waals surface area contributed by atoms with Crippen molar-refractivity contribution in [3.63, 3.8) is 0 Å². The molecule has 32 heavy (non-hydrogen) atoms. The van der Waals surface area contributed by atoms with Gasteiger partial charge in [0.1, 0.15) is 12.1 Å². The van der Waals surface area contributed by atoms with E-state index in [4.69, 9.17) is 5.73 Å². The molecule has 0 aliphatic carbocycles. The molecule has 0 unspecified atom stereocenters. The van der Waals surface area contributed by atoms with Crippen molar-refractivity contribution in [2.24, 2.45) is 5.73 Å². The predicted octanol–water partition coefficient (Wildman–Crippen LogP) is 0.327. The molecule has 3 rings (SSSR count). The largest absolute Gasteiger partial charge is 0.480 e. The molecule has 0 fully saturated rings. The maximum atomic E-state index is 12.6. The zero-order valence-corrected chi connectivity index (χ0v) is 17.3. The zero-order valence-electron chi connectivity index (χ0n) is 17.3. The van der Waals surface area contributed by atoms with Crippen LogP contribution in [0.25, 0.3) is 10.9 Å². The quantitative estimate of drug-likeness (QED) is 0.268. The molecule has 1 heterocycles. The molecule has 0 radical (unpaired) electrons. The lowest BCUT2D eigenvalue weighted by Crippen LogP contribution is -2.56. The van der Waals surface area contributed by atoms with Crippen molar-refractivity contribution >= 4 is 28.7 Å². The summed E-state index contributed by atoms with van der Waals surface area (Å²) in [5, 5.41) is 24.8. The lowest BCUT2D eigenvalue weighted by atomic mass is 10.0. The average Bonchev–Trinajstić information content (AvgIpc) is 3.20. The summed E-state index contributed by atoms with van der Waals surface area (Å²) in [6, 6.07) is 13.1. The highest BCUT2D eigenvalue weighted by Gasteiger charge is 2.28. The number of carbonyl (C=O) groups excluding carboxylic acids is 2. The van der Waals surface area contributed by atoms with Gasteiger partial charge in [0.25, 0.3) is 0 Å². The summed E-state index contributed by atoms with van der Waals surface area (Å²) in [5.41, 5.74) is 8.35. The monoisotopic (exact) mass is 438 g/mol. The highest BCUT2D eigenvalue weighted by molar-refractivity contribution is 5.92. The van der Waals surface area contributed by atoms with E-state index in [2.05, 4.69) is 15.6 Å². The van der Waals surface area contributed by atoms with E-state index in [1.165, 1.54) is 0 Å². The number of aliphatic hydroxyl groups is 1. The van der Waals surface area contributed by atoms with Crippen LogP contribution in [0.2, 0.25) is 0 Å². The van der Waals surface area contributed by atoms with Gasteiger partial charge in [-0.25, -0.2) is 4.79 Å². The van der Waals surface area contributed by atoms with Crippen molar-refractivity contribution in [3.05, 3.63) is 71.9 Å². The van der Waals surface area contributed by atoms with Gasteiger partial charge in [-0.15, -0.1) is 0 Å². The summed E-state index contributed by atoms with van der Waals surface area (Å²) >= 11 is 0. The Balaban J connectivity index is 1.62. The Labute approximate surface area is 184 Å². The first kappa shape index (κ1) is 23.0. The van der Waals surface area contributed by atoms with Gasteiger partial charge in [-0.1, -0.05) is 48.5 Å². The molecule has 0 saturated carbocycles. The van der Waals surface area contributed by atoms with Gasteiger partial charge in [0, 0.05) is 23.5 Å². The number of para-hydroxylation sites is 1. The maximum Gasteiger partial charge on any atom is 0.326 e. The lowest BCUT2D eigenvalue weighted by Gasteiger charge is -2.21. The molecule has 0 aliphatic rings. The Morgan fingerprint density at radius 2 is 1.56 bits per heavy atom. The molecular formula is C23H26N4O5. The fraction of sp³-hybridized carbons (Fsp3) is 0.261. The van der Waals surface area contributed by atoms with Gasteiger partial charge in [0.2, 0.25) is 11.8 Å². The Bertz CT molecular complexity index is 1080. The number of carboxylic acids is 1. The number of aliphatic carboxylic acids is 1. The van der Waals surface area contributed by atoms with Crippen molar-refractivity contribution in [3.8, 4) is 0 Å². The normalized spacial score (nSPS) is 13.8. The first-order valence-corrected chi connectivity index (χ1v) is 10.2. The zero-order chi connectivity index (χ0) is 23.1. The van der Waals surface area contributed by atoms with Crippen LogP contribution in [-0.2, 0) is 27.2 Å². The van der Waals surface area contributed by atoms with Crippen LogP contribution < -0.4 is 16.4 Å². The third kappa shape index (κ3) is 5.71. The maximum absolute atomic E-state index is 12.6. The van der Waals surface area contributed by atoms with Gasteiger partial charge in [0.05, 0.1) is 12.6 Å². The van der Waals surface area contributed by atoms with E-state index in [0.29, 0.717) is 0 Å². The number of carbonyl (C=O) groups is 3. The number of amides is 2. The number of hydrogen-bond acceptors (Lipinski definition) is 5. The van der Waals surface area contributed by atoms with Gasteiger partial charge in [0.15, 0.2) is 0 Å². The van der Waals surface area contributed by atoms with Gasteiger partial charge in [-0.05, 0) is 23.6 Å². The number of nitrogens with one attached hydrogen (secondary N) is 3. The van der Waals surface area contributed by atoms with Gasteiger partial charge >= 0.3 is 5.97 Å². The molecule has 3 atom stereocenters. The van der Waals surface area contributed by atoms with Crippen molar-refractivity contribution in [2.45, 2.75) is 31.0 Å². The third-order valence-corrected chi connectivity index (χ3v) is 5.16. The summed E-state index contributed by atoms with van der Waals surface area (Å²) in [4.78, 5) is 39.8. The molecule has 1 aromatic heterocycles. The number of aromatic nitrogens is 1. The molecule has 0 aliphatic heterocycles. The summed E-state index contributed by atoms with van der Waals surface area (Å²) in [7, 11) is 0. The molecule has 2 aromatic carbocycles. The summed E-state index contributed by atoms with van der Waals surface area (Å²) in [6.45, 7) is -0.699. The number of aromatic amines is 1. The summed E-state index contributed by atoms with van der Waals surface area (Å²) in [6.07, 6.45) is 1.98. The van der Waals surface area contributed by atoms with Crippen LogP contribution in [0.5, 0.6) is 0 Å². The van der Waals surface area contributed by atoms with Gasteiger partial charge in [-0.3, -0.25) is 9.59 Å². The fourth-order valence-electron chi connectivity index (χ4n) is 3.43. The first-order valence-electron chi connectivity index (χ1n) is 10.2. The Kier molecular flexibility index (Phi) is 7.58. The Morgan fingerprint density at radius 3 is 2.25 bits per heavy atom. The van der Waals surface area contributed by atoms with E-state index in [0.717, 1.165) is 22.0 Å². The van der Waals surface area contributed by atoms with Crippen LogP contribution in [-0.4, -0.2) is 57.7 Å². The van der Waals surface area contributed by atoms with E-state index in [1.54, 1.807) is 6.20 Å². The highest BCUT2D eigenvalue weighted by atomic mass is 16.4. The minimum absolute atomic E-state index is 0.0324. The Morgan fingerprint density at radius 1 is 0.906 bits per heavy atom. The van der Waals surface area contributed by atoms with Gasteiger partial charge in [-0.2, -0.15) is 0 Å². The van der Waals surface area contributed by atoms with E-state index >= 15 is 0 Å². The van der Waals surface area contributed by atoms with Crippen molar-refractivity contribution in [1.29, 1.82) is 0 Å². The van der Waals surface area contributed by atoms with Crippen LogP contribution in [0.3, 0.4) is 0 Å². The van der Waals surface area contributed by atoms with E-state index < -0.39 is 42.5 Å². The second kappa shape index (κ2) is 10.6. The van der Waals surface area contributed by atoms with Crippen LogP contribution >= 0.6 is 0 Å². The molecular weight excluding hydrogens is 412 g/mol. The standard InChI is InChI=1S/C23H26N4O5/c24-17(10-14-6-2-1-3-7-14)21(29)27-20(13-28)22(30)26-19(23(31)32)11-15-12-25-18-9-5-4-8-16(15)18/h1-9,12,17,19-20,25,28H,10-11,13,24H2,(H,26,30)(H,27,29)(H,31,32)/t17-,19-,20-/m0/s1. The van der Waals surface area contributed by atoms with E-state index in [9.17, 15) is 24.6 Å². The van der Waals surface area contributed by atoms with Crippen LogP contribution in [0.1, 0.15) is 11.1 Å². The number of fused-ring (bicyclic) bond motifs is 1. The van der Waals surface area contributed by atoms with Crippen molar-refractivity contribution < 1.29 is 24.6 Å². The van der Waals surface area contributed by atoms with Crippen LogP contribution in [0, 0.1) is 0 Å². The van der Waals surface area contributed by atoms with E-state index in [-0.39, 0.29) is 12.8 Å². The van der Waals surface area contributed by atoms with Crippen LogP contribution in [0.15, 0.2) is 60.8 Å². The minimum Gasteiger partial charge on any atom is -0.480 e.